The van der Waals surface area contributed by atoms with Crippen molar-refractivity contribution in [1.82, 2.24) is 4.31 Å². The van der Waals surface area contributed by atoms with Crippen molar-refractivity contribution in [3.63, 3.8) is 0 Å². The van der Waals surface area contributed by atoms with Gasteiger partial charge in [0.1, 0.15) is 42.7 Å². The summed E-state index contributed by atoms with van der Waals surface area (Å²) in [4.78, 5) is 11.9. The topological polar surface area (TPSA) is 164 Å². The van der Waals surface area contributed by atoms with Gasteiger partial charge in [0.25, 0.3) is 15.7 Å². The maximum atomic E-state index is 16.4. The predicted molar refractivity (Wildman–Crippen MR) is 321 cm³/mol. The van der Waals surface area contributed by atoms with E-state index in [1.165, 1.54) is 35.7 Å². The number of methoxy groups -OCH3 is 1. The van der Waals surface area contributed by atoms with Crippen molar-refractivity contribution in [1.29, 1.82) is 0 Å². The summed E-state index contributed by atoms with van der Waals surface area (Å²) in [6, 6.07) is 71.6. The number of benzene rings is 8. The molecule has 0 spiro atoms. The Morgan fingerprint density at radius 1 is 0.435 bits per heavy atom. The molecule has 0 N–H and O–H groups in total. The van der Waals surface area contributed by atoms with Crippen LogP contribution in [-0.2, 0) is 98.9 Å². The van der Waals surface area contributed by atoms with Gasteiger partial charge in [0.15, 0.2) is 11.2 Å². The lowest BCUT2D eigenvalue weighted by atomic mass is 9.87. The Hall–Kier alpha value is -7.55. The fourth-order valence-electron chi connectivity index (χ4n) is 10.7. The lowest BCUT2D eigenvalue weighted by molar-refractivity contribution is -0.387. The zero-order valence-corrected chi connectivity index (χ0v) is 48.1. The summed E-state index contributed by atoms with van der Waals surface area (Å²) in [6.45, 7) is 0.231. The van der Waals surface area contributed by atoms with Crippen LogP contribution < -0.4 is 0 Å². The molecule has 0 aromatic heterocycles. The normalized spacial score (nSPS) is 21.5. The highest BCUT2D eigenvalue weighted by atomic mass is 32.2. The Morgan fingerprint density at radius 2 is 0.800 bits per heavy atom. The van der Waals surface area contributed by atoms with Crippen molar-refractivity contribution < 1.29 is 56.0 Å². The molecule has 1 aliphatic carbocycles. The molecule has 0 bridgehead atoms. The maximum Gasteiger partial charge on any atom is 0.289 e. The molecule has 1 saturated heterocycles. The minimum Gasteiger partial charge on any atom is -0.372 e. The van der Waals surface area contributed by atoms with E-state index in [0.717, 1.165) is 38.9 Å². The fraction of sp³-hybridized carbons (Fsp3) is 0.275. The molecule has 16 heteroatoms. The third-order valence-electron chi connectivity index (χ3n) is 15.0. The third-order valence-corrected chi connectivity index (χ3v) is 16.9. The molecule has 0 amide bonds. The van der Waals surface area contributed by atoms with Gasteiger partial charge in [0, 0.05) is 19.7 Å². The zero-order chi connectivity index (χ0) is 58.6. The molecule has 9 atom stereocenters. The number of nitro benzene ring substituents is 1. The van der Waals surface area contributed by atoms with Gasteiger partial charge in [-0.2, -0.15) is 4.31 Å². The molecule has 8 aromatic rings. The molecule has 1 heterocycles. The average molecular weight is 1170 g/mol. The van der Waals surface area contributed by atoms with Crippen LogP contribution in [0.25, 0.3) is 0 Å². The standard InChI is InChI=1S/C69H70N2O13S/c1-76-69-68(83-49-57-37-21-8-22-38-57)67(82-48-56-35-19-7-20-36-56)65(80-46-54-31-15-5-16-32-54)61(84-69)42-70(85(74,75)62-40-24-23-39-59(62)71(72)73)60-41-58(50-77-43-51-25-9-2-10-26-51)63(78-44-52-27-11-3-12-28-52)66(81-47-55-33-17-6-18-34-55)64(60)79-45-53-29-13-4-14-30-53/h2-41,60-61,63-69H,42-50H2,1H3/t60-,61-,63-,64-,65-,66+,67+,68+,69+/m1/s1. The number of rotatable bonds is 29. The van der Waals surface area contributed by atoms with E-state index in [1.807, 2.05) is 212 Å². The van der Waals surface area contributed by atoms with Crippen molar-refractivity contribution in [3.8, 4) is 0 Å². The minimum absolute atomic E-state index is 0.00990. The van der Waals surface area contributed by atoms with Gasteiger partial charge in [-0.15, -0.1) is 0 Å². The van der Waals surface area contributed by atoms with Gasteiger partial charge < -0.3 is 42.6 Å². The molecule has 0 radical (unpaired) electrons. The summed E-state index contributed by atoms with van der Waals surface area (Å²) in [5.41, 5.74) is 5.93. The van der Waals surface area contributed by atoms with Gasteiger partial charge in [-0.1, -0.05) is 231 Å². The van der Waals surface area contributed by atoms with E-state index in [2.05, 4.69) is 0 Å². The van der Waals surface area contributed by atoms with E-state index in [9.17, 15) is 10.1 Å². The molecular weight excluding hydrogens is 1100 g/mol. The van der Waals surface area contributed by atoms with E-state index in [4.69, 9.17) is 42.6 Å². The monoisotopic (exact) mass is 1170 g/mol. The summed E-state index contributed by atoms with van der Waals surface area (Å²) in [6.07, 6.45) is -6.70. The summed E-state index contributed by atoms with van der Waals surface area (Å²) >= 11 is 0. The van der Waals surface area contributed by atoms with Crippen molar-refractivity contribution >= 4 is 15.7 Å². The molecule has 440 valence electrons. The zero-order valence-electron chi connectivity index (χ0n) is 47.3. The number of hydrogen-bond acceptors (Lipinski definition) is 13. The maximum absolute atomic E-state index is 16.4. The summed E-state index contributed by atoms with van der Waals surface area (Å²) in [5, 5.41) is 13.1. The van der Waals surface area contributed by atoms with Crippen LogP contribution in [0.4, 0.5) is 5.69 Å². The smallest absolute Gasteiger partial charge is 0.289 e. The van der Waals surface area contributed by atoms with Crippen molar-refractivity contribution in [2.75, 3.05) is 20.3 Å². The number of nitrogens with zero attached hydrogens (tertiary/aromatic N) is 2. The predicted octanol–water partition coefficient (Wildman–Crippen LogP) is 12.0. The second-order valence-corrected chi connectivity index (χ2v) is 22.7. The van der Waals surface area contributed by atoms with Crippen LogP contribution in [0.3, 0.4) is 0 Å². The van der Waals surface area contributed by atoms with E-state index >= 15 is 8.42 Å². The molecule has 1 aliphatic heterocycles. The Balaban J connectivity index is 1.15. The van der Waals surface area contributed by atoms with Crippen molar-refractivity contribution in [3.05, 3.63) is 297 Å². The lowest BCUT2D eigenvalue weighted by Gasteiger charge is -2.49. The van der Waals surface area contributed by atoms with Crippen LogP contribution in [0.5, 0.6) is 0 Å². The average Bonchev–Trinajstić information content (AvgIpc) is 1.81. The number of para-hydroxylation sites is 1. The quantitative estimate of drug-likeness (QED) is 0.0247. The first kappa shape index (κ1) is 60.6. The van der Waals surface area contributed by atoms with E-state index in [-0.39, 0.29) is 52.9 Å². The molecular formula is C69H70N2O13S. The largest absolute Gasteiger partial charge is 0.372 e. The van der Waals surface area contributed by atoms with Gasteiger partial charge in [0.2, 0.25) is 0 Å². The van der Waals surface area contributed by atoms with Crippen LogP contribution >= 0.6 is 0 Å². The van der Waals surface area contributed by atoms with Gasteiger partial charge in [-0.25, -0.2) is 8.42 Å². The Kier molecular flexibility index (Phi) is 21.7. The second-order valence-electron chi connectivity index (χ2n) is 20.8. The summed E-state index contributed by atoms with van der Waals surface area (Å²) in [5.74, 6) is 0. The van der Waals surface area contributed by atoms with Crippen LogP contribution in [0.2, 0.25) is 0 Å². The number of hydrogen-bond donors (Lipinski definition) is 0. The Bertz CT molecular complexity index is 3430. The van der Waals surface area contributed by atoms with Crippen molar-refractivity contribution in [2.45, 2.75) is 106 Å². The first-order valence-corrected chi connectivity index (χ1v) is 29.8. The second kappa shape index (κ2) is 30.5. The molecule has 0 saturated carbocycles. The van der Waals surface area contributed by atoms with E-state index in [0.29, 0.717) is 5.57 Å². The first-order valence-electron chi connectivity index (χ1n) is 28.4. The highest BCUT2D eigenvalue weighted by Gasteiger charge is 2.54. The lowest BCUT2D eigenvalue weighted by Crippen LogP contribution is -2.65. The van der Waals surface area contributed by atoms with Gasteiger partial charge in [-0.05, 0) is 50.6 Å². The molecule has 2 aliphatic rings. The highest BCUT2D eigenvalue weighted by Crippen LogP contribution is 2.39. The van der Waals surface area contributed by atoms with Gasteiger partial charge in [-0.3, -0.25) is 10.1 Å². The number of ether oxygens (including phenoxy) is 9. The number of nitro groups is 1. The SMILES string of the molecule is CO[C@H]1O[C@H](CN([C@@H]2C=C(COCc3ccccc3)[C@@H](OCc3ccccc3)[C@H](OCc3ccccc3)[C@@H]2OCc2ccccc2)S(=O)(=O)c2ccccc2[N+](=O)[O-])[C@@H](OCc2ccccc2)[C@H](OCc2ccccc2)[C@@H]1OCc1ccccc1. The molecule has 1 fully saturated rings. The minimum atomic E-state index is -5.01. The highest BCUT2D eigenvalue weighted by molar-refractivity contribution is 7.89. The molecule has 10 rings (SSSR count). The molecule has 85 heavy (non-hydrogen) atoms. The molecule has 0 unspecified atom stereocenters. The van der Waals surface area contributed by atoms with Crippen LogP contribution in [0.15, 0.2) is 253 Å². The Labute approximate surface area is 497 Å². The Morgan fingerprint density at radius 3 is 1.24 bits per heavy atom. The summed E-state index contributed by atoms with van der Waals surface area (Å²) < 4.78 is 96.1. The van der Waals surface area contributed by atoms with Crippen LogP contribution in [-0.4, -0.2) is 93.0 Å². The van der Waals surface area contributed by atoms with Gasteiger partial charge >= 0.3 is 0 Å². The first-order chi connectivity index (χ1) is 41.7. The molecule has 8 aromatic carbocycles. The summed E-state index contributed by atoms with van der Waals surface area (Å²) in [7, 11) is -3.52. The van der Waals surface area contributed by atoms with E-state index < -0.39 is 87.1 Å². The van der Waals surface area contributed by atoms with Crippen LogP contribution in [0.1, 0.15) is 38.9 Å². The van der Waals surface area contributed by atoms with Crippen molar-refractivity contribution in [2.24, 2.45) is 0 Å². The van der Waals surface area contributed by atoms with E-state index in [1.54, 1.807) is 6.08 Å². The van der Waals surface area contributed by atoms with Crippen LogP contribution in [0, 0.1) is 10.1 Å². The third kappa shape index (κ3) is 16.3. The number of sulfonamides is 1. The molecule has 15 nitrogen and oxygen atoms in total. The fourth-order valence-corrected chi connectivity index (χ4v) is 12.4. The van der Waals surface area contributed by atoms with Gasteiger partial charge in [0.05, 0.1) is 63.8 Å².